The molecule has 1 aliphatic rings. The highest BCUT2D eigenvalue weighted by atomic mass is 35.5. The third-order valence-corrected chi connectivity index (χ3v) is 10.9. The summed E-state index contributed by atoms with van der Waals surface area (Å²) in [7, 11) is 3.90. The Balaban J connectivity index is 1.35. The van der Waals surface area contributed by atoms with E-state index in [9.17, 15) is 9.59 Å². The van der Waals surface area contributed by atoms with E-state index in [1.165, 1.54) is 0 Å². The predicted octanol–water partition coefficient (Wildman–Crippen LogP) is 8.95. The second kappa shape index (κ2) is 12.4. The SMILES string of the molecule is CC(=O)c1ccc2c(c1)c(N1CCn3c(c(CCCOc4cc(C)c(Cl)c(C)c4)c4ccc(Cl)c(-c5c(C)nn(C)c5C)c43)C1=O)cn2C. The van der Waals surface area contributed by atoms with Gasteiger partial charge in [0.25, 0.3) is 5.91 Å². The minimum absolute atomic E-state index is 0.0133. The summed E-state index contributed by atoms with van der Waals surface area (Å²) in [5, 5.41) is 7.95. The molecule has 0 radical (unpaired) electrons. The van der Waals surface area contributed by atoms with E-state index in [0.717, 1.165) is 77.5 Å². The van der Waals surface area contributed by atoms with E-state index >= 15 is 0 Å². The zero-order valence-corrected chi connectivity index (χ0v) is 30.4. The average Bonchev–Trinajstić information content (AvgIpc) is 3.65. The van der Waals surface area contributed by atoms with Gasteiger partial charge in [-0.05, 0) is 101 Å². The summed E-state index contributed by atoms with van der Waals surface area (Å²) < 4.78 is 12.2. The first kappa shape index (κ1) is 33.0. The maximum Gasteiger partial charge on any atom is 0.275 e. The van der Waals surface area contributed by atoms with E-state index in [2.05, 4.69) is 4.57 Å². The van der Waals surface area contributed by atoms with Gasteiger partial charge in [-0.15, -0.1) is 0 Å². The zero-order chi connectivity index (χ0) is 34.9. The Morgan fingerprint density at radius 1 is 0.939 bits per heavy atom. The van der Waals surface area contributed by atoms with Crippen LogP contribution in [0, 0.1) is 27.7 Å². The zero-order valence-electron chi connectivity index (χ0n) is 28.9. The highest BCUT2D eigenvalue weighted by Gasteiger charge is 2.35. The second-order valence-electron chi connectivity index (χ2n) is 13.2. The first-order valence-corrected chi connectivity index (χ1v) is 17.3. The molecule has 0 unspecified atom stereocenters. The van der Waals surface area contributed by atoms with Gasteiger partial charge in [-0.25, -0.2) is 0 Å². The number of aryl methyl sites for hydroxylation is 6. The highest BCUT2D eigenvalue weighted by molar-refractivity contribution is 6.35. The number of benzene rings is 3. The largest absolute Gasteiger partial charge is 0.494 e. The topological polar surface area (TPSA) is 74.3 Å². The molecule has 0 fully saturated rings. The Morgan fingerprint density at radius 3 is 2.35 bits per heavy atom. The van der Waals surface area contributed by atoms with Crippen molar-refractivity contribution in [3.8, 4) is 16.9 Å². The lowest BCUT2D eigenvalue weighted by Crippen LogP contribution is -2.40. The van der Waals surface area contributed by atoms with Crippen LogP contribution >= 0.6 is 23.2 Å². The van der Waals surface area contributed by atoms with E-state index in [0.29, 0.717) is 48.8 Å². The number of amides is 1. The fourth-order valence-corrected chi connectivity index (χ4v) is 7.84. The minimum atomic E-state index is -0.0789. The van der Waals surface area contributed by atoms with Gasteiger partial charge >= 0.3 is 0 Å². The van der Waals surface area contributed by atoms with Crippen molar-refractivity contribution in [3.63, 3.8) is 0 Å². The number of carbonyl (C=O) groups is 2. The smallest absolute Gasteiger partial charge is 0.275 e. The summed E-state index contributed by atoms with van der Waals surface area (Å²) in [5.41, 5.74) is 10.7. The molecule has 8 nitrogen and oxygen atoms in total. The fourth-order valence-electron chi connectivity index (χ4n) is 7.48. The minimum Gasteiger partial charge on any atom is -0.494 e. The number of aromatic nitrogens is 4. The number of carbonyl (C=O) groups excluding carboxylic acids is 2. The van der Waals surface area contributed by atoms with Crippen molar-refractivity contribution in [1.82, 2.24) is 18.9 Å². The van der Waals surface area contributed by atoms with E-state index in [-0.39, 0.29) is 11.7 Å². The van der Waals surface area contributed by atoms with Crippen molar-refractivity contribution in [2.45, 2.75) is 54.0 Å². The molecule has 0 saturated carbocycles. The number of anilines is 1. The van der Waals surface area contributed by atoms with E-state index in [1.807, 2.05) is 105 Å². The standard InChI is InChI=1S/C39H39Cl2N5O3/c1-21-17-27(18-22(2)36(21)41)49-16-8-9-28-29-11-12-31(40)35(34-23(3)42-44(7)24(34)4)37(29)46-15-14-45(39(48)38(28)46)33-20-43(6)32-13-10-26(25(5)47)19-30(32)33/h10-13,17-20H,8-9,14-16H2,1-7H3. The molecule has 6 aromatic rings. The summed E-state index contributed by atoms with van der Waals surface area (Å²) in [6, 6.07) is 13.6. The molecule has 4 heterocycles. The molecule has 3 aromatic heterocycles. The molecule has 0 spiro atoms. The summed E-state index contributed by atoms with van der Waals surface area (Å²) >= 11 is 13.4. The molecule has 3 aromatic carbocycles. The highest BCUT2D eigenvalue weighted by Crippen LogP contribution is 2.44. The van der Waals surface area contributed by atoms with Crippen molar-refractivity contribution in [2.75, 3.05) is 18.1 Å². The van der Waals surface area contributed by atoms with Gasteiger partial charge in [0.1, 0.15) is 11.4 Å². The third kappa shape index (κ3) is 5.42. The first-order chi connectivity index (χ1) is 23.4. The fraction of sp³-hybridized carbons (Fsp3) is 0.308. The van der Waals surface area contributed by atoms with Crippen molar-refractivity contribution in [3.05, 3.63) is 98.0 Å². The van der Waals surface area contributed by atoms with E-state index in [4.69, 9.17) is 33.0 Å². The molecule has 10 heteroatoms. The number of rotatable bonds is 8. The van der Waals surface area contributed by atoms with Gasteiger partial charge in [0.15, 0.2) is 5.78 Å². The number of Topliss-reactive ketones (excluding diaryl/α,β-unsaturated/α-hetero) is 1. The molecule has 252 valence electrons. The van der Waals surface area contributed by atoms with Crippen molar-refractivity contribution in [2.24, 2.45) is 14.1 Å². The van der Waals surface area contributed by atoms with Crippen molar-refractivity contribution in [1.29, 1.82) is 0 Å². The van der Waals surface area contributed by atoms with Crippen LogP contribution in [-0.4, -0.2) is 43.8 Å². The van der Waals surface area contributed by atoms with Crippen LogP contribution in [0.5, 0.6) is 5.75 Å². The van der Waals surface area contributed by atoms with Crippen LogP contribution in [-0.2, 0) is 27.1 Å². The number of ether oxygens (including phenoxy) is 1. The molecule has 1 aliphatic heterocycles. The predicted molar refractivity (Wildman–Crippen MR) is 198 cm³/mol. The molecule has 0 saturated heterocycles. The lowest BCUT2D eigenvalue weighted by Gasteiger charge is -2.29. The Hall–Kier alpha value is -4.53. The molecule has 0 atom stereocenters. The number of ketones is 1. The van der Waals surface area contributed by atoms with E-state index in [1.54, 1.807) is 6.92 Å². The maximum absolute atomic E-state index is 14.8. The molecule has 0 bridgehead atoms. The molecular weight excluding hydrogens is 657 g/mol. The van der Waals surface area contributed by atoms with Gasteiger partial charge in [0.05, 0.1) is 28.5 Å². The number of fused-ring (bicyclic) bond motifs is 4. The molecular formula is C39H39Cl2N5O3. The first-order valence-electron chi connectivity index (χ1n) is 16.5. The summed E-state index contributed by atoms with van der Waals surface area (Å²) in [4.78, 5) is 29.0. The van der Waals surface area contributed by atoms with Gasteiger partial charge in [0.2, 0.25) is 0 Å². The van der Waals surface area contributed by atoms with Crippen molar-refractivity contribution >= 4 is 62.4 Å². The van der Waals surface area contributed by atoms with Gasteiger partial charge in [-0.1, -0.05) is 29.3 Å². The maximum atomic E-state index is 14.8. The third-order valence-electron chi connectivity index (χ3n) is 9.95. The number of hydrogen-bond acceptors (Lipinski definition) is 4. The van der Waals surface area contributed by atoms with Crippen LogP contribution in [0.1, 0.15) is 62.3 Å². The second-order valence-corrected chi connectivity index (χ2v) is 13.9. The lowest BCUT2D eigenvalue weighted by atomic mass is 9.98. The van der Waals surface area contributed by atoms with Crippen LogP contribution in [0.25, 0.3) is 32.9 Å². The molecule has 0 N–H and O–H groups in total. The number of hydrogen-bond donors (Lipinski definition) is 0. The van der Waals surface area contributed by atoms with Gasteiger partial charge in [-0.3, -0.25) is 14.3 Å². The van der Waals surface area contributed by atoms with Gasteiger partial charge in [-0.2, -0.15) is 5.10 Å². The molecule has 1 amide bonds. The number of halogens is 2. The van der Waals surface area contributed by atoms with Crippen LogP contribution < -0.4 is 9.64 Å². The Kier molecular flexibility index (Phi) is 8.36. The quantitative estimate of drug-likeness (QED) is 0.118. The van der Waals surface area contributed by atoms with Crippen LogP contribution in [0.15, 0.2) is 48.7 Å². The molecule has 49 heavy (non-hydrogen) atoms. The van der Waals surface area contributed by atoms with E-state index < -0.39 is 0 Å². The van der Waals surface area contributed by atoms with Crippen LogP contribution in [0.2, 0.25) is 10.0 Å². The monoisotopic (exact) mass is 695 g/mol. The molecule has 0 aliphatic carbocycles. The Labute approximate surface area is 295 Å². The van der Waals surface area contributed by atoms with Gasteiger partial charge < -0.3 is 18.8 Å². The summed E-state index contributed by atoms with van der Waals surface area (Å²) in [5.74, 6) is 0.688. The van der Waals surface area contributed by atoms with Gasteiger partial charge in [0, 0.05) is 77.1 Å². The average molecular weight is 697 g/mol. The summed E-state index contributed by atoms with van der Waals surface area (Å²) in [6.45, 7) is 11.1. The van der Waals surface area contributed by atoms with Crippen LogP contribution in [0.4, 0.5) is 5.69 Å². The Morgan fingerprint density at radius 2 is 1.67 bits per heavy atom. The van der Waals surface area contributed by atoms with Crippen LogP contribution in [0.3, 0.4) is 0 Å². The Bertz CT molecular complexity index is 2320. The number of nitrogens with zero attached hydrogens (tertiary/aromatic N) is 5. The summed E-state index contributed by atoms with van der Waals surface area (Å²) in [6.07, 6.45) is 3.30. The normalized spacial score (nSPS) is 13.2. The van der Waals surface area contributed by atoms with Crippen molar-refractivity contribution < 1.29 is 14.3 Å². The molecule has 7 rings (SSSR count). The lowest BCUT2D eigenvalue weighted by molar-refractivity contribution is 0.0964.